The average molecular weight is 272 g/mol. The van der Waals surface area contributed by atoms with Gasteiger partial charge >= 0.3 is 0 Å². The highest BCUT2D eigenvalue weighted by Gasteiger charge is 2.13. The van der Waals surface area contributed by atoms with E-state index in [0.717, 1.165) is 5.69 Å². The number of aryl methyl sites for hydroxylation is 1. The molecule has 0 bridgehead atoms. The summed E-state index contributed by atoms with van der Waals surface area (Å²) in [5, 5.41) is 9.22. The van der Waals surface area contributed by atoms with Gasteiger partial charge in [-0.25, -0.2) is 0 Å². The summed E-state index contributed by atoms with van der Waals surface area (Å²) < 4.78 is 10.4. The molecular formula is C15H16N2O3. The Morgan fingerprint density at radius 3 is 2.50 bits per heavy atom. The summed E-state index contributed by atoms with van der Waals surface area (Å²) in [6.07, 6.45) is 0.769. The minimum Gasteiger partial charge on any atom is -0.493 e. The molecule has 0 spiro atoms. The van der Waals surface area contributed by atoms with Crippen molar-refractivity contribution in [3.63, 3.8) is 0 Å². The third kappa shape index (κ3) is 2.32. The molecule has 5 heteroatoms. The summed E-state index contributed by atoms with van der Waals surface area (Å²) in [6, 6.07) is 5.48. The van der Waals surface area contributed by atoms with E-state index in [1.165, 1.54) is 7.11 Å². The molecule has 20 heavy (non-hydrogen) atoms. The summed E-state index contributed by atoms with van der Waals surface area (Å²) in [5.74, 6) is 1.08. The maximum atomic E-state index is 12.5. The number of fused-ring (bicyclic) bond motifs is 1. The van der Waals surface area contributed by atoms with E-state index in [4.69, 9.17) is 14.7 Å². The molecule has 104 valence electrons. The Labute approximate surface area is 116 Å². The third-order valence-corrected chi connectivity index (χ3v) is 3.30. The molecule has 0 aliphatic heterocycles. The second kappa shape index (κ2) is 5.66. The molecule has 1 aromatic heterocycles. The van der Waals surface area contributed by atoms with Crippen LogP contribution >= 0.6 is 0 Å². The van der Waals surface area contributed by atoms with Crippen LogP contribution in [0.4, 0.5) is 0 Å². The van der Waals surface area contributed by atoms with Gasteiger partial charge in [-0.3, -0.25) is 4.79 Å². The molecular weight excluding hydrogens is 256 g/mol. The number of H-pyrrole nitrogens is 1. The molecule has 5 nitrogen and oxygen atoms in total. The average Bonchev–Trinajstić information content (AvgIpc) is 2.46. The number of methoxy groups -OCH3 is 2. The van der Waals surface area contributed by atoms with E-state index < -0.39 is 0 Å². The van der Waals surface area contributed by atoms with Crippen molar-refractivity contribution >= 4 is 10.9 Å². The predicted octanol–water partition coefficient (Wildman–Crippen LogP) is 2.31. The van der Waals surface area contributed by atoms with Crippen molar-refractivity contribution in [2.24, 2.45) is 0 Å². The van der Waals surface area contributed by atoms with E-state index >= 15 is 0 Å². The van der Waals surface area contributed by atoms with Gasteiger partial charge < -0.3 is 14.5 Å². The number of hydrogen-bond donors (Lipinski definition) is 1. The van der Waals surface area contributed by atoms with Crippen LogP contribution in [0, 0.1) is 18.3 Å². The standard InChI is InChI=1S/C15H16N2O3/c1-9-10(5-4-6-16)15(18)11-7-13(19-2)14(20-3)8-12(11)17-9/h7-8H,4-5H2,1-3H3,(H,17,18). The summed E-state index contributed by atoms with van der Waals surface area (Å²) in [7, 11) is 3.08. The molecule has 0 amide bonds. The second-order valence-electron chi connectivity index (χ2n) is 4.47. The van der Waals surface area contributed by atoms with Crippen LogP contribution in [0.15, 0.2) is 16.9 Å². The zero-order valence-electron chi connectivity index (χ0n) is 11.7. The van der Waals surface area contributed by atoms with Crippen LogP contribution in [0.25, 0.3) is 10.9 Å². The minimum atomic E-state index is -0.0625. The van der Waals surface area contributed by atoms with Crippen LogP contribution in [0.2, 0.25) is 0 Å². The molecule has 1 N–H and O–H groups in total. The smallest absolute Gasteiger partial charge is 0.192 e. The first-order chi connectivity index (χ1) is 9.62. The molecule has 0 saturated heterocycles. The Bertz CT molecular complexity index is 741. The molecule has 2 rings (SSSR count). The molecule has 0 radical (unpaired) electrons. The highest BCUT2D eigenvalue weighted by atomic mass is 16.5. The Morgan fingerprint density at radius 1 is 1.25 bits per heavy atom. The van der Waals surface area contributed by atoms with E-state index in [1.54, 1.807) is 19.2 Å². The lowest BCUT2D eigenvalue weighted by Gasteiger charge is -2.11. The number of aromatic nitrogens is 1. The quantitative estimate of drug-likeness (QED) is 0.926. The summed E-state index contributed by atoms with van der Waals surface area (Å²) >= 11 is 0. The third-order valence-electron chi connectivity index (χ3n) is 3.30. The molecule has 1 heterocycles. The lowest BCUT2D eigenvalue weighted by Crippen LogP contribution is -2.13. The zero-order chi connectivity index (χ0) is 14.7. The number of rotatable bonds is 4. The maximum absolute atomic E-state index is 12.5. The molecule has 0 aliphatic carbocycles. The molecule has 0 fully saturated rings. The van der Waals surface area contributed by atoms with Gasteiger partial charge in [0.15, 0.2) is 16.9 Å². The second-order valence-corrected chi connectivity index (χ2v) is 4.47. The number of benzene rings is 1. The van der Waals surface area contributed by atoms with Gasteiger partial charge in [0.1, 0.15) is 0 Å². The monoisotopic (exact) mass is 272 g/mol. The summed E-state index contributed by atoms with van der Waals surface area (Å²) in [5.41, 5.74) is 2.06. The first-order valence-corrected chi connectivity index (χ1v) is 6.26. The minimum absolute atomic E-state index is 0.0625. The van der Waals surface area contributed by atoms with Crippen LogP contribution in [0.3, 0.4) is 0 Å². The molecule has 0 atom stereocenters. The molecule has 2 aromatic rings. The number of pyridine rings is 1. The number of nitrogens with zero attached hydrogens (tertiary/aromatic N) is 1. The number of hydrogen-bond acceptors (Lipinski definition) is 4. The number of nitrogens with one attached hydrogen (secondary N) is 1. The van der Waals surface area contributed by atoms with E-state index in [2.05, 4.69) is 11.1 Å². The lowest BCUT2D eigenvalue weighted by atomic mass is 10.0. The number of nitriles is 1. The normalized spacial score (nSPS) is 10.3. The van der Waals surface area contributed by atoms with Crippen LogP contribution in [-0.4, -0.2) is 19.2 Å². The maximum Gasteiger partial charge on any atom is 0.192 e. The van der Waals surface area contributed by atoms with E-state index in [9.17, 15) is 4.79 Å². The highest BCUT2D eigenvalue weighted by molar-refractivity contribution is 5.83. The van der Waals surface area contributed by atoms with Gasteiger partial charge in [0, 0.05) is 29.1 Å². The van der Waals surface area contributed by atoms with Crippen LogP contribution < -0.4 is 14.9 Å². The van der Waals surface area contributed by atoms with Crippen molar-refractivity contribution in [2.75, 3.05) is 14.2 Å². The SMILES string of the molecule is COc1cc2[nH]c(C)c(CCC#N)c(=O)c2cc1OC. The number of ether oxygens (including phenoxy) is 2. The van der Waals surface area contributed by atoms with Gasteiger partial charge in [0.05, 0.1) is 25.8 Å². The summed E-state index contributed by atoms with van der Waals surface area (Å²) in [6.45, 7) is 1.84. The van der Waals surface area contributed by atoms with Gasteiger partial charge in [-0.05, 0) is 19.4 Å². The van der Waals surface area contributed by atoms with Gasteiger partial charge in [-0.1, -0.05) is 0 Å². The van der Waals surface area contributed by atoms with E-state index in [1.807, 2.05) is 6.92 Å². The van der Waals surface area contributed by atoms with Crippen LogP contribution in [0.1, 0.15) is 17.7 Å². The van der Waals surface area contributed by atoms with Crippen LogP contribution in [0.5, 0.6) is 11.5 Å². The number of aromatic amines is 1. The van der Waals surface area contributed by atoms with Crippen LogP contribution in [-0.2, 0) is 6.42 Å². The van der Waals surface area contributed by atoms with Gasteiger partial charge in [-0.15, -0.1) is 0 Å². The van der Waals surface area contributed by atoms with Gasteiger partial charge in [0.25, 0.3) is 0 Å². The van der Waals surface area contributed by atoms with Crippen molar-refractivity contribution < 1.29 is 9.47 Å². The first-order valence-electron chi connectivity index (χ1n) is 6.26. The fraction of sp³-hybridized carbons (Fsp3) is 0.333. The van der Waals surface area contributed by atoms with E-state index in [-0.39, 0.29) is 5.43 Å². The van der Waals surface area contributed by atoms with Crippen molar-refractivity contribution in [1.29, 1.82) is 5.26 Å². The lowest BCUT2D eigenvalue weighted by molar-refractivity contribution is 0.355. The van der Waals surface area contributed by atoms with Crippen molar-refractivity contribution in [3.05, 3.63) is 33.6 Å². The Hall–Kier alpha value is -2.48. The molecule has 1 aromatic carbocycles. The first kappa shape index (κ1) is 13.9. The molecule has 0 unspecified atom stereocenters. The largest absolute Gasteiger partial charge is 0.493 e. The molecule has 0 aliphatic rings. The molecule has 0 saturated carbocycles. The zero-order valence-corrected chi connectivity index (χ0v) is 11.7. The van der Waals surface area contributed by atoms with Crippen molar-refractivity contribution in [2.45, 2.75) is 19.8 Å². The topological polar surface area (TPSA) is 75.1 Å². The highest BCUT2D eigenvalue weighted by Crippen LogP contribution is 2.30. The fourth-order valence-corrected chi connectivity index (χ4v) is 2.26. The van der Waals surface area contributed by atoms with Gasteiger partial charge in [0.2, 0.25) is 0 Å². The Kier molecular flexibility index (Phi) is 3.94. The van der Waals surface area contributed by atoms with Gasteiger partial charge in [-0.2, -0.15) is 5.26 Å². The van der Waals surface area contributed by atoms with Crippen molar-refractivity contribution in [1.82, 2.24) is 4.98 Å². The van der Waals surface area contributed by atoms with Crippen molar-refractivity contribution in [3.8, 4) is 17.6 Å². The summed E-state index contributed by atoms with van der Waals surface area (Å²) in [4.78, 5) is 15.7. The fourth-order valence-electron chi connectivity index (χ4n) is 2.26. The van der Waals surface area contributed by atoms with E-state index in [0.29, 0.717) is 40.8 Å². The predicted molar refractivity (Wildman–Crippen MR) is 76.3 cm³/mol. The Balaban J connectivity index is 2.72. The Morgan fingerprint density at radius 2 is 1.90 bits per heavy atom.